The lowest BCUT2D eigenvalue weighted by atomic mass is 10.0. The van der Waals surface area contributed by atoms with Gasteiger partial charge in [0.1, 0.15) is 0 Å². The molecule has 4 nitrogen and oxygen atoms in total. The van der Waals surface area contributed by atoms with E-state index in [9.17, 15) is 8.42 Å². The van der Waals surface area contributed by atoms with E-state index in [1.807, 2.05) is 0 Å². The Labute approximate surface area is 136 Å². The molecule has 0 bridgehead atoms. The molecule has 2 rings (SSSR count). The third kappa shape index (κ3) is 5.36. The fourth-order valence-electron chi connectivity index (χ4n) is 2.61. The van der Waals surface area contributed by atoms with Crippen LogP contribution in [-0.2, 0) is 9.84 Å². The van der Waals surface area contributed by atoms with Crippen LogP contribution in [0.25, 0.3) is 0 Å². The van der Waals surface area contributed by atoms with Gasteiger partial charge < -0.3 is 10.2 Å². The van der Waals surface area contributed by atoms with E-state index in [4.69, 9.17) is 0 Å². The van der Waals surface area contributed by atoms with Gasteiger partial charge in [-0.15, -0.1) is 0 Å². The molecule has 1 atom stereocenters. The molecule has 6 heteroatoms. The molecule has 1 aromatic rings. The van der Waals surface area contributed by atoms with E-state index in [2.05, 4.69) is 57.3 Å². The minimum Gasteiger partial charge on any atom is -0.310 e. The molecule has 0 saturated carbocycles. The van der Waals surface area contributed by atoms with Gasteiger partial charge in [-0.2, -0.15) is 0 Å². The van der Waals surface area contributed by atoms with Gasteiger partial charge in [-0.3, -0.25) is 0 Å². The minimum atomic E-state index is -2.78. The molecule has 1 fully saturated rings. The Balaban J connectivity index is 1.90. The number of hydrogen-bond acceptors (Lipinski definition) is 4. The van der Waals surface area contributed by atoms with Gasteiger partial charge in [0.25, 0.3) is 0 Å². The maximum atomic E-state index is 11.4. The summed E-state index contributed by atoms with van der Waals surface area (Å²) in [7, 11) is -2.78. The minimum absolute atomic E-state index is 0.303. The predicted octanol–water partition coefficient (Wildman–Crippen LogP) is 2.22. The zero-order chi connectivity index (χ0) is 15.3. The first-order chi connectivity index (χ1) is 10.00. The second-order valence-corrected chi connectivity index (χ2v) is 8.66. The lowest BCUT2D eigenvalue weighted by molar-refractivity contribution is 0.276. The van der Waals surface area contributed by atoms with Crippen LogP contribution in [-0.4, -0.2) is 51.0 Å². The normalized spacial score (nSPS) is 20.3. The fraction of sp³-hybridized carbons (Fsp3) is 0.600. The van der Waals surface area contributed by atoms with E-state index in [1.165, 1.54) is 5.56 Å². The van der Waals surface area contributed by atoms with Crippen LogP contribution in [0.15, 0.2) is 28.7 Å². The summed E-state index contributed by atoms with van der Waals surface area (Å²) in [4.78, 5) is 2.25. The average molecular weight is 375 g/mol. The third-order valence-corrected chi connectivity index (χ3v) is 6.03. The summed E-state index contributed by atoms with van der Waals surface area (Å²) in [6.45, 7) is 5.31. The summed E-state index contributed by atoms with van der Waals surface area (Å²) >= 11 is 3.46. The van der Waals surface area contributed by atoms with Gasteiger partial charge in [0, 0.05) is 30.1 Å². The predicted molar refractivity (Wildman–Crippen MR) is 90.3 cm³/mol. The maximum Gasteiger partial charge on any atom is 0.152 e. The first kappa shape index (κ1) is 16.9. The van der Waals surface area contributed by atoms with Crippen molar-refractivity contribution in [3.8, 4) is 0 Å². The highest BCUT2D eigenvalue weighted by atomic mass is 79.9. The van der Waals surface area contributed by atoms with E-state index < -0.39 is 9.84 Å². The summed E-state index contributed by atoms with van der Waals surface area (Å²) in [5.74, 6) is 0.605. The maximum absolute atomic E-state index is 11.4. The van der Waals surface area contributed by atoms with Crippen molar-refractivity contribution in [1.29, 1.82) is 0 Å². The first-order valence-electron chi connectivity index (χ1n) is 7.42. The second kappa shape index (κ2) is 7.72. The summed E-state index contributed by atoms with van der Waals surface area (Å²) in [5.41, 5.74) is 1.28. The molecule has 1 aromatic carbocycles. The van der Waals surface area contributed by atoms with Crippen LogP contribution >= 0.6 is 15.9 Å². The molecule has 1 aliphatic rings. The molecule has 1 aliphatic heterocycles. The van der Waals surface area contributed by atoms with E-state index in [0.29, 0.717) is 30.6 Å². The lowest BCUT2D eigenvalue weighted by Crippen LogP contribution is -2.41. The zero-order valence-corrected chi connectivity index (χ0v) is 14.8. The summed E-state index contributed by atoms with van der Waals surface area (Å²) in [5, 5.41) is 3.51. The second-order valence-electron chi connectivity index (χ2n) is 5.44. The lowest BCUT2D eigenvalue weighted by Gasteiger charge is -2.28. The molecule has 1 unspecified atom stereocenters. The van der Waals surface area contributed by atoms with Crippen molar-refractivity contribution < 1.29 is 8.42 Å². The first-order valence-corrected chi connectivity index (χ1v) is 10.0. The Morgan fingerprint density at radius 2 is 1.86 bits per heavy atom. The molecular weight excluding hydrogens is 352 g/mol. The Kier molecular flexibility index (Phi) is 6.22. The standard InChI is InChI=1S/C15H23BrN2O2S/c1-2-17-15(13-3-5-14(16)6-4-13)7-8-18-9-11-21(19,20)12-10-18/h3-6,15,17H,2,7-12H2,1H3. The highest BCUT2D eigenvalue weighted by molar-refractivity contribution is 9.10. The number of rotatable bonds is 6. The zero-order valence-electron chi connectivity index (χ0n) is 12.4. The molecule has 1 saturated heterocycles. The molecule has 0 spiro atoms. The number of nitrogens with zero attached hydrogens (tertiary/aromatic N) is 1. The van der Waals surface area contributed by atoms with E-state index in [-0.39, 0.29) is 0 Å². The topological polar surface area (TPSA) is 49.4 Å². The van der Waals surface area contributed by atoms with Gasteiger partial charge in [0.2, 0.25) is 0 Å². The SMILES string of the molecule is CCNC(CCN1CCS(=O)(=O)CC1)c1ccc(Br)cc1. The molecule has 0 aromatic heterocycles. The Hall–Kier alpha value is -0.430. The van der Waals surface area contributed by atoms with Gasteiger partial charge >= 0.3 is 0 Å². The monoisotopic (exact) mass is 374 g/mol. The van der Waals surface area contributed by atoms with Crippen molar-refractivity contribution in [2.75, 3.05) is 37.7 Å². The number of sulfone groups is 1. The van der Waals surface area contributed by atoms with Crippen molar-refractivity contribution in [3.63, 3.8) is 0 Å². The van der Waals surface area contributed by atoms with E-state index in [0.717, 1.165) is 24.0 Å². The summed E-state index contributed by atoms with van der Waals surface area (Å²) in [6.07, 6.45) is 0.996. The highest BCUT2D eigenvalue weighted by Crippen LogP contribution is 2.20. The molecule has 21 heavy (non-hydrogen) atoms. The van der Waals surface area contributed by atoms with Crippen LogP contribution < -0.4 is 5.32 Å². The van der Waals surface area contributed by atoms with Crippen LogP contribution in [0.2, 0.25) is 0 Å². The largest absolute Gasteiger partial charge is 0.310 e. The molecular formula is C15H23BrN2O2S. The Morgan fingerprint density at radius 3 is 2.43 bits per heavy atom. The van der Waals surface area contributed by atoms with Gasteiger partial charge in [-0.25, -0.2) is 8.42 Å². The molecule has 0 aliphatic carbocycles. The summed E-state index contributed by atoms with van der Waals surface area (Å²) < 4.78 is 24.0. The number of hydrogen-bond donors (Lipinski definition) is 1. The fourth-order valence-corrected chi connectivity index (χ4v) is 4.15. The van der Waals surface area contributed by atoms with Crippen molar-refractivity contribution in [2.24, 2.45) is 0 Å². The quantitative estimate of drug-likeness (QED) is 0.829. The molecule has 118 valence electrons. The van der Waals surface area contributed by atoms with Crippen molar-refractivity contribution in [1.82, 2.24) is 10.2 Å². The number of benzene rings is 1. The molecule has 0 radical (unpaired) electrons. The van der Waals surface area contributed by atoms with Crippen LogP contribution in [0.1, 0.15) is 24.9 Å². The van der Waals surface area contributed by atoms with Crippen LogP contribution in [0.3, 0.4) is 0 Å². The van der Waals surface area contributed by atoms with Crippen molar-refractivity contribution in [3.05, 3.63) is 34.3 Å². The van der Waals surface area contributed by atoms with E-state index >= 15 is 0 Å². The smallest absolute Gasteiger partial charge is 0.152 e. The van der Waals surface area contributed by atoms with Crippen LogP contribution in [0, 0.1) is 0 Å². The number of nitrogens with one attached hydrogen (secondary N) is 1. The molecule has 1 heterocycles. The van der Waals surface area contributed by atoms with Crippen molar-refractivity contribution >= 4 is 25.8 Å². The third-order valence-electron chi connectivity index (χ3n) is 3.89. The van der Waals surface area contributed by atoms with Crippen LogP contribution in [0.4, 0.5) is 0 Å². The molecule has 0 amide bonds. The Bertz CT molecular complexity index is 531. The van der Waals surface area contributed by atoms with Gasteiger partial charge in [-0.1, -0.05) is 35.0 Å². The highest BCUT2D eigenvalue weighted by Gasteiger charge is 2.22. The van der Waals surface area contributed by atoms with Crippen molar-refractivity contribution in [2.45, 2.75) is 19.4 Å². The van der Waals surface area contributed by atoms with Gasteiger partial charge in [-0.05, 0) is 30.7 Å². The molecule has 1 N–H and O–H groups in total. The van der Waals surface area contributed by atoms with Gasteiger partial charge in [0.05, 0.1) is 11.5 Å². The summed E-state index contributed by atoms with van der Waals surface area (Å²) in [6, 6.07) is 8.72. The van der Waals surface area contributed by atoms with Gasteiger partial charge in [0.15, 0.2) is 9.84 Å². The Morgan fingerprint density at radius 1 is 1.24 bits per heavy atom. The average Bonchev–Trinajstić information content (AvgIpc) is 2.46. The van der Waals surface area contributed by atoms with Crippen LogP contribution in [0.5, 0.6) is 0 Å². The van der Waals surface area contributed by atoms with E-state index in [1.54, 1.807) is 0 Å². The number of halogens is 1.